The van der Waals surface area contributed by atoms with E-state index in [1.54, 1.807) is 12.4 Å². The topological polar surface area (TPSA) is 33.1 Å². The second-order valence-electron chi connectivity index (χ2n) is 5.11. The number of pyridine rings is 1. The Labute approximate surface area is 97.7 Å². The maximum absolute atomic E-state index is 10.5. The highest BCUT2D eigenvalue weighted by atomic mass is 16.3. The Morgan fingerprint density at radius 2 is 1.94 bits per heavy atom. The minimum atomic E-state index is -0.465. The van der Waals surface area contributed by atoms with Crippen LogP contribution >= 0.6 is 0 Å². The smallest absolute Gasteiger partial charge is 0.0688 e. The Bertz CT molecular complexity index is 315. The quantitative estimate of drug-likeness (QED) is 0.848. The van der Waals surface area contributed by atoms with Gasteiger partial charge in [0.2, 0.25) is 0 Å². The average Bonchev–Trinajstić information content (AvgIpc) is 2.31. The van der Waals surface area contributed by atoms with Gasteiger partial charge in [0.15, 0.2) is 0 Å². The fraction of sp³-hybridized carbons (Fsp3) is 0.643. The highest BCUT2D eigenvalue weighted by Gasteiger charge is 2.32. The van der Waals surface area contributed by atoms with Gasteiger partial charge in [-0.1, -0.05) is 13.3 Å². The Hall–Kier alpha value is -0.890. The molecule has 1 N–H and O–H groups in total. The number of hydrogen-bond acceptors (Lipinski definition) is 2. The van der Waals surface area contributed by atoms with Crippen LogP contribution in [0.5, 0.6) is 0 Å². The zero-order valence-corrected chi connectivity index (χ0v) is 10.0. The maximum atomic E-state index is 10.5. The fourth-order valence-corrected chi connectivity index (χ4v) is 2.68. The Balaban J connectivity index is 1.95. The number of hydrogen-bond donors (Lipinski definition) is 1. The second kappa shape index (κ2) is 4.96. The predicted octanol–water partition coefficient (Wildman–Crippen LogP) is 2.96. The van der Waals surface area contributed by atoms with Crippen LogP contribution in [0.3, 0.4) is 0 Å². The summed E-state index contributed by atoms with van der Waals surface area (Å²) in [5.41, 5.74) is 0.736. The Morgan fingerprint density at radius 3 is 2.50 bits per heavy atom. The monoisotopic (exact) mass is 219 g/mol. The van der Waals surface area contributed by atoms with Crippen LogP contribution in [0.25, 0.3) is 0 Å². The first-order valence-corrected chi connectivity index (χ1v) is 6.33. The normalized spacial score (nSPS) is 30.2. The Kier molecular flexibility index (Phi) is 3.59. The summed E-state index contributed by atoms with van der Waals surface area (Å²) in [5.74, 6) is 0.831. The molecule has 0 aliphatic heterocycles. The van der Waals surface area contributed by atoms with Gasteiger partial charge in [-0.2, -0.15) is 0 Å². The third-order valence-corrected chi connectivity index (χ3v) is 3.90. The molecular weight excluding hydrogens is 198 g/mol. The van der Waals surface area contributed by atoms with Gasteiger partial charge in [-0.3, -0.25) is 4.98 Å². The van der Waals surface area contributed by atoms with Crippen LogP contribution in [-0.2, 0) is 6.42 Å². The Morgan fingerprint density at radius 1 is 1.31 bits per heavy atom. The van der Waals surface area contributed by atoms with Crippen molar-refractivity contribution in [3.8, 4) is 0 Å². The third kappa shape index (κ3) is 2.82. The second-order valence-corrected chi connectivity index (χ2v) is 5.11. The van der Waals surface area contributed by atoms with E-state index in [-0.39, 0.29) is 0 Å². The molecule has 1 aromatic heterocycles. The summed E-state index contributed by atoms with van der Waals surface area (Å²) in [6.07, 6.45) is 9.90. The van der Waals surface area contributed by atoms with E-state index in [0.717, 1.165) is 25.2 Å². The van der Waals surface area contributed by atoms with Crippen molar-refractivity contribution >= 4 is 0 Å². The predicted molar refractivity (Wildman–Crippen MR) is 65.1 cm³/mol. The minimum Gasteiger partial charge on any atom is -0.390 e. The molecule has 0 unspecified atom stereocenters. The molecule has 0 saturated heterocycles. The molecule has 1 saturated carbocycles. The van der Waals surface area contributed by atoms with Crippen molar-refractivity contribution in [1.82, 2.24) is 4.98 Å². The van der Waals surface area contributed by atoms with Gasteiger partial charge < -0.3 is 5.11 Å². The molecule has 1 aliphatic carbocycles. The van der Waals surface area contributed by atoms with E-state index in [9.17, 15) is 5.11 Å². The third-order valence-electron chi connectivity index (χ3n) is 3.90. The van der Waals surface area contributed by atoms with Gasteiger partial charge >= 0.3 is 0 Å². The number of nitrogens with zero attached hydrogens (tertiary/aromatic N) is 1. The van der Waals surface area contributed by atoms with Crippen LogP contribution < -0.4 is 0 Å². The molecule has 0 amide bonds. The number of rotatable bonds is 3. The lowest BCUT2D eigenvalue weighted by atomic mass is 9.75. The molecule has 0 radical (unpaired) electrons. The molecule has 1 fully saturated rings. The molecular formula is C14H21NO. The summed E-state index contributed by atoms with van der Waals surface area (Å²) in [5, 5.41) is 10.5. The van der Waals surface area contributed by atoms with Crippen molar-refractivity contribution < 1.29 is 5.11 Å². The molecule has 1 aromatic rings. The largest absolute Gasteiger partial charge is 0.390 e. The van der Waals surface area contributed by atoms with Crippen LogP contribution in [0.2, 0.25) is 0 Å². The zero-order chi connectivity index (χ0) is 11.4. The van der Waals surface area contributed by atoms with Crippen LogP contribution in [0.1, 0.15) is 44.6 Å². The minimum absolute atomic E-state index is 0.465. The molecule has 0 atom stereocenters. The van der Waals surface area contributed by atoms with Crippen molar-refractivity contribution in [2.45, 2.75) is 51.0 Å². The average molecular weight is 219 g/mol. The summed E-state index contributed by atoms with van der Waals surface area (Å²) in [6, 6.07) is 4.01. The SMILES string of the molecule is CCC1CCC(O)(Cc2ccncc2)CC1. The van der Waals surface area contributed by atoms with Crippen molar-refractivity contribution in [2.75, 3.05) is 0 Å². The van der Waals surface area contributed by atoms with E-state index in [0.29, 0.717) is 0 Å². The van der Waals surface area contributed by atoms with Gasteiger partial charge in [0.05, 0.1) is 5.60 Å². The summed E-state index contributed by atoms with van der Waals surface area (Å²) in [7, 11) is 0. The van der Waals surface area contributed by atoms with Gasteiger partial charge in [-0.05, 0) is 49.3 Å². The summed E-state index contributed by atoms with van der Waals surface area (Å²) in [4.78, 5) is 4.00. The molecule has 0 aromatic carbocycles. The fourth-order valence-electron chi connectivity index (χ4n) is 2.68. The summed E-state index contributed by atoms with van der Waals surface area (Å²) < 4.78 is 0. The van der Waals surface area contributed by atoms with Crippen molar-refractivity contribution in [1.29, 1.82) is 0 Å². The summed E-state index contributed by atoms with van der Waals surface area (Å²) in [6.45, 7) is 2.25. The van der Waals surface area contributed by atoms with Crippen LogP contribution in [0, 0.1) is 5.92 Å². The molecule has 2 nitrogen and oxygen atoms in total. The van der Waals surface area contributed by atoms with E-state index in [1.165, 1.54) is 24.8 Å². The first-order chi connectivity index (χ1) is 7.72. The van der Waals surface area contributed by atoms with E-state index in [1.807, 2.05) is 12.1 Å². The highest BCUT2D eigenvalue weighted by Crippen LogP contribution is 2.35. The maximum Gasteiger partial charge on any atom is 0.0688 e. The van der Waals surface area contributed by atoms with Crippen molar-refractivity contribution in [2.24, 2.45) is 5.92 Å². The highest BCUT2D eigenvalue weighted by molar-refractivity contribution is 5.13. The molecule has 2 rings (SSSR count). The standard InChI is InChI=1S/C14H21NO/c1-2-12-3-7-14(16,8-4-12)11-13-5-9-15-10-6-13/h5-6,9-10,12,16H,2-4,7-8,11H2,1H3. The van der Waals surface area contributed by atoms with Gasteiger partial charge in [0, 0.05) is 18.8 Å². The van der Waals surface area contributed by atoms with Crippen LogP contribution in [-0.4, -0.2) is 15.7 Å². The molecule has 0 spiro atoms. The van der Waals surface area contributed by atoms with E-state index in [2.05, 4.69) is 11.9 Å². The van der Waals surface area contributed by atoms with Crippen molar-refractivity contribution in [3.63, 3.8) is 0 Å². The van der Waals surface area contributed by atoms with Gasteiger partial charge in [-0.15, -0.1) is 0 Å². The van der Waals surface area contributed by atoms with Gasteiger partial charge in [-0.25, -0.2) is 0 Å². The zero-order valence-electron chi connectivity index (χ0n) is 10.0. The van der Waals surface area contributed by atoms with Gasteiger partial charge in [0.1, 0.15) is 0 Å². The summed E-state index contributed by atoms with van der Waals surface area (Å²) >= 11 is 0. The van der Waals surface area contributed by atoms with Crippen molar-refractivity contribution in [3.05, 3.63) is 30.1 Å². The molecule has 2 heteroatoms. The molecule has 1 heterocycles. The lowest BCUT2D eigenvalue weighted by Gasteiger charge is -2.36. The molecule has 16 heavy (non-hydrogen) atoms. The molecule has 1 aliphatic rings. The van der Waals surface area contributed by atoms with Crippen LogP contribution in [0.15, 0.2) is 24.5 Å². The van der Waals surface area contributed by atoms with E-state index >= 15 is 0 Å². The molecule has 0 bridgehead atoms. The molecule has 88 valence electrons. The lowest BCUT2D eigenvalue weighted by Crippen LogP contribution is -2.36. The van der Waals surface area contributed by atoms with E-state index < -0.39 is 5.60 Å². The van der Waals surface area contributed by atoms with Crippen LogP contribution in [0.4, 0.5) is 0 Å². The first-order valence-electron chi connectivity index (χ1n) is 6.33. The van der Waals surface area contributed by atoms with E-state index in [4.69, 9.17) is 0 Å². The number of aliphatic hydroxyl groups is 1. The lowest BCUT2D eigenvalue weighted by molar-refractivity contribution is -0.00922. The number of aromatic nitrogens is 1. The first kappa shape index (κ1) is 11.6. The van der Waals surface area contributed by atoms with Gasteiger partial charge in [0.25, 0.3) is 0 Å².